The number of hydrogen-bond donors (Lipinski definition) is 2. The van der Waals surface area contributed by atoms with Crippen LogP contribution in [-0.2, 0) is 35.1 Å². The quantitative estimate of drug-likeness (QED) is 0.539. The van der Waals surface area contributed by atoms with Gasteiger partial charge >= 0.3 is 11.9 Å². The van der Waals surface area contributed by atoms with Crippen LogP contribution >= 0.6 is 0 Å². The molecule has 1 aromatic carbocycles. The van der Waals surface area contributed by atoms with E-state index in [1.807, 2.05) is 0 Å². The molecule has 2 amide bonds. The van der Waals surface area contributed by atoms with E-state index in [4.69, 9.17) is 9.47 Å². The fraction of sp³-hybridized carbons (Fsp3) is 0.583. The largest absolute Gasteiger partial charge is 0.467 e. The summed E-state index contributed by atoms with van der Waals surface area (Å²) in [6, 6.07) is 4.14. The van der Waals surface area contributed by atoms with Gasteiger partial charge in [-0.2, -0.15) is 0 Å². The summed E-state index contributed by atoms with van der Waals surface area (Å²) in [4.78, 5) is 52.8. The summed E-state index contributed by atoms with van der Waals surface area (Å²) in [6.07, 6.45) is 1.66. The molecule has 2 saturated heterocycles. The van der Waals surface area contributed by atoms with Crippen molar-refractivity contribution in [2.45, 2.75) is 69.7 Å². The Balaban J connectivity index is 1.95. The van der Waals surface area contributed by atoms with Crippen LogP contribution in [0.3, 0.4) is 0 Å². The normalized spacial score (nSPS) is 23.8. The fourth-order valence-corrected chi connectivity index (χ4v) is 4.82. The molecule has 2 N–H and O–H groups in total. The van der Waals surface area contributed by atoms with Crippen LogP contribution < -0.4 is 10.6 Å². The van der Waals surface area contributed by atoms with Crippen LogP contribution in [0.15, 0.2) is 24.3 Å². The summed E-state index contributed by atoms with van der Waals surface area (Å²) >= 11 is 0. The standard InChI is InChI=1S/C24H32FN3O6/c1-15(34-16(2)29)20(22(31)33-3)27-23(32)24(14-17-7-9-18(25)10-8-17)11-5-13-28(24)21(30)19-6-4-12-26-19/h7-10,15,19-20,26H,4-6,11-14H2,1-3H3,(H,27,32)/t15?,19-,20?,24?/m0/s1. The molecule has 186 valence electrons. The first-order valence-corrected chi connectivity index (χ1v) is 11.5. The average Bonchev–Trinajstić information content (AvgIpc) is 3.48. The number of halogens is 1. The Morgan fingerprint density at radius 1 is 1.24 bits per heavy atom. The van der Waals surface area contributed by atoms with Crippen molar-refractivity contribution in [2.24, 2.45) is 0 Å². The molecule has 10 heteroatoms. The van der Waals surface area contributed by atoms with Gasteiger partial charge in [-0.1, -0.05) is 12.1 Å². The SMILES string of the molecule is COC(=O)C(NC(=O)C1(Cc2ccc(F)cc2)CCCN1C(=O)[C@@H]1CCCN1)C(C)OC(C)=O. The Hall–Kier alpha value is -3.01. The minimum Gasteiger partial charge on any atom is -0.467 e. The first kappa shape index (κ1) is 25.6. The summed E-state index contributed by atoms with van der Waals surface area (Å²) in [5.74, 6) is -2.50. The van der Waals surface area contributed by atoms with E-state index in [1.54, 1.807) is 17.0 Å². The van der Waals surface area contributed by atoms with E-state index in [1.165, 1.54) is 33.1 Å². The monoisotopic (exact) mass is 477 g/mol. The van der Waals surface area contributed by atoms with Crippen molar-refractivity contribution >= 4 is 23.8 Å². The lowest BCUT2D eigenvalue weighted by Crippen LogP contribution is -2.64. The minimum absolute atomic E-state index is 0.146. The molecule has 9 nitrogen and oxygen atoms in total. The number of carbonyl (C=O) groups excluding carboxylic acids is 4. The zero-order valence-electron chi connectivity index (χ0n) is 19.8. The van der Waals surface area contributed by atoms with Crippen molar-refractivity contribution < 1.29 is 33.0 Å². The third-order valence-corrected chi connectivity index (χ3v) is 6.51. The van der Waals surface area contributed by atoms with E-state index in [9.17, 15) is 23.6 Å². The number of amides is 2. The van der Waals surface area contributed by atoms with E-state index < -0.39 is 41.3 Å². The van der Waals surface area contributed by atoms with Crippen LogP contribution in [0.5, 0.6) is 0 Å². The Bertz CT molecular complexity index is 918. The number of hydrogen-bond acceptors (Lipinski definition) is 7. The van der Waals surface area contributed by atoms with Gasteiger partial charge in [0.05, 0.1) is 13.2 Å². The van der Waals surface area contributed by atoms with Crippen molar-refractivity contribution in [1.82, 2.24) is 15.5 Å². The lowest BCUT2D eigenvalue weighted by Gasteiger charge is -2.39. The maximum Gasteiger partial charge on any atom is 0.332 e. The van der Waals surface area contributed by atoms with Crippen LogP contribution in [0.2, 0.25) is 0 Å². The molecular formula is C24H32FN3O6. The maximum atomic E-state index is 13.8. The summed E-state index contributed by atoms with van der Waals surface area (Å²) in [5, 5.41) is 5.87. The zero-order chi connectivity index (χ0) is 24.9. The van der Waals surface area contributed by atoms with E-state index in [2.05, 4.69) is 10.6 Å². The third kappa shape index (κ3) is 5.55. The molecule has 4 atom stereocenters. The van der Waals surface area contributed by atoms with Gasteiger partial charge in [0.15, 0.2) is 6.04 Å². The molecule has 0 bridgehead atoms. The number of ether oxygens (including phenoxy) is 2. The van der Waals surface area contributed by atoms with Crippen LogP contribution in [0, 0.1) is 5.82 Å². The van der Waals surface area contributed by atoms with E-state index >= 15 is 0 Å². The van der Waals surface area contributed by atoms with Gasteiger partial charge in [0.2, 0.25) is 11.8 Å². The van der Waals surface area contributed by atoms with Crippen LogP contribution in [0.4, 0.5) is 4.39 Å². The van der Waals surface area contributed by atoms with Crippen LogP contribution in [-0.4, -0.2) is 72.6 Å². The Morgan fingerprint density at radius 2 is 1.94 bits per heavy atom. The van der Waals surface area contributed by atoms with Crippen LogP contribution in [0.25, 0.3) is 0 Å². The summed E-state index contributed by atoms with van der Waals surface area (Å²) in [6.45, 7) is 3.80. The molecule has 3 rings (SSSR count). The molecule has 0 aromatic heterocycles. The number of methoxy groups -OCH3 is 1. The van der Waals surface area contributed by atoms with E-state index in [0.717, 1.165) is 13.0 Å². The average molecular weight is 478 g/mol. The third-order valence-electron chi connectivity index (χ3n) is 6.51. The molecule has 0 spiro atoms. The second kappa shape index (κ2) is 10.9. The van der Waals surface area contributed by atoms with Gasteiger partial charge in [0, 0.05) is 19.9 Å². The number of esters is 2. The molecule has 0 radical (unpaired) electrons. The van der Waals surface area contributed by atoms with Gasteiger partial charge in [-0.3, -0.25) is 14.4 Å². The van der Waals surface area contributed by atoms with Gasteiger partial charge in [0.1, 0.15) is 17.5 Å². The van der Waals surface area contributed by atoms with Crippen LogP contribution in [0.1, 0.15) is 45.1 Å². The molecule has 34 heavy (non-hydrogen) atoms. The number of benzene rings is 1. The highest BCUT2D eigenvalue weighted by Crippen LogP contribution is 2.35. The second-order valence-corrected chi connectivity index (χ2v) is 8.87. The minimum atomic E-state index is -1.29. The molecule has 1 aromatic rings. The van der Waals surface area contributed by atoms with Crippen molar-refractivity contribution in [1.29, 1.82) is 0 Å². The van der Waals surface area contributed by atoms with Crippen molar-refractivity contribution in [3.05, 3.63) is 35.6 Å². The summed E-state index contributed by atoms with van der Waals surface area (Å²) in [5.41, 5.74) is -0.611. The van der Waals surface area contributed by atoms with Gasteiger partial charge < -0.3 is 25.0 Å². The van der Waals surface area contributed by atoms with Gasteiger partial charge in [-0.15, -0.1) is 0 Å². The number of rotatable bonds is 8. The summed E-state index contributed by atoms with van der Waals surface area (Å²) in [7, 11) is 1.17. The number of nitrogens with one attached hydrogen (secondary N) is 2. The first-order valence-electron chi connectivity index (χ1n) is 11.5. The molecule has 2 fully saturated rings. The molecular weight excluding hydrogens is 445 g/mol. The predicted octanol–water partition coefficient (Wildman–Crippen LogP) is 1.09. The lowest BCUT2D eigenvalue weighted by molar-refractivity contribution is -0.158. The number of likely N-dealkylation sites (tertiary alicyclic amines) is 1. The highest BCUT2D eigenvalue weighted by atomic mass is 19.1. The highest BCUT2D eigenvalue weighted by Gasteiger charge is 2.52. The fourth-order valence-electron chi connectivity index (χ4n) is 4.82. The van der Waals surface area contributed by atoms with Crippen molar-refractivity contribution in [3.8, 4) is 0 Å². The Morgan fingerprint density at radius 3 is 2.53 bits per heavy atom. The Labute approximate surface area is 198 Å². The number of carbonyl (C=O) groups is 4. The number of nitrogens with zero attached hydrogens (tertiary/aromatic N) is 1. The van der Waals surface area contributed by atoms with Gasteiger partial charge in [0.25, 0.3) is 0 Å². The zero-order valence-corrected chi connectivity index (χ0v) is 19.8. The molecule has 2 heterocycles. The highest BCUT2D eigenvalue weighted by molar-refractivity contribution is 5.96. The van der Waals surface area contributed by atoms with E-state index in [0.29, 0.717) is 31.4 Å². The molecule has 2 aliphatic rings. The predicted molar refractivity (Wildman–Crippen MR) is 120 cm³/mol. The molecule has 0 saturated carbocycles. The smallest absolute Gasteiger partial charge is 0.332 e. The van der Waals surface area contributed by atoms with Crippen molar-refractivity contribution in [2.75, 3.05) is 20.2 Å². The summed E-state index contributed by atoms with van der Waals surface area (Å²) < 4.78 is 23.5. The first-order chi connectivity index (χ1) is 16.2. The van der Waals surface area contributed by atoms with Crippen molar-refractivity contribution in [3.63, 3.8) is 0 Å². The Kier molecular flexibility index (Phi) is 8.24. The lowest BCUT2D eigenvalue weighted by atomic mass is 9.86. The van der Waals surface area contributed by atoms with E-state index in [-0.39, 0.29) is 18.4 Å². The maximum absolute atomic E-state index is 13.8. The molecule has 3 unspecified atom stereocenters. The van der Waals surface area contributed by atoms with Gasteiger partial charge in [-0.25, -0.2) is 9.18 Å². The molecule has 0 aliphatic carbocycles. The second-order valence-electron chi connectivity index (χ2n) is 8.87. The topological polar surface area (TPSA) is 114 Å². The van der Waals surface area contributed by atoms with Gasteiger partial charge in [-0.05, 0) is 56.8 Å². The molecule has 2 aliphatic heterocycles.